The monoisotopic (exact) mass is 518 g/mol. The molecular formula is C20H31IN4O2S. The summed E-state index contributed by atoms with van der Waals surface area (Å²) in [5.41, 5.74) is 0. The molecule has 0 bridgehead atoms. The van der Waals surface area contributed by atoms with Gasteiger partial charge >= 0.3 is 0 Å². The Morgan fingerprint density at radius 3 is 2.57 bits per heavy atom. The second kappa shape index (κ2) is 13.2. The summed E-state index contributed by atoms with van der Waals surface area (Å²) in [7, 11) is 0. The zero-order valence-corrected chi connectivity index (χ0v) is 19.6. The molecule has 1 fully saturated rings. The van der Waals surface area contributed by atoms with Crippen molar-refractivity contribution < 1.29 is 8.83 Å². The molecule has 0 amide bonds. The number of nitrogens with one attached hydrogen (secondary N) is 2. The lowest BCUT2D eigenvalue weighted by atomic mass is 10.2. The molecule has 0 radical (unpaired) electrons. The minimum Gasteiger partial charge on any atom is -0.469 e. The van der Waals surface area contributed by atoms with Crippen molar-refractivity contribution in [2.45, 2.75) is 25.3 Å². The minimum atomic E-state index is 0. The summed E-state index contributed by atoms with van der Waals surface area (Å²) in [6, 6.07) is 8.14. The van der Waals surface area contributed by atoms with Crippen LogP contribution in [0.25, 0.3) is 0 Å². The maximum Gasteiger partial charge on any atom is 0.191 e. The summed E-state index contributed by atoms with van der Waals surface area (Å²) in [5, 5.41) is 6.86. The van der Waals surface area contributed by atoms with E-state index in [4.69, 9.17) is 13.8 Å². The van der Waals surface area contributed by atoms with E-state index < -0.39 is 0 Å². The third kappa shape index (κ3) is 7.36. The van der Waals surface area contributed by atoms with E-state index in [-0.39, 0.29) is 30.0 Å². The van der Waals surface area contributed by atoms with Crippen molar-refractivity contribution in [2.75, 3.05) is 44.7 Å². The zero-order chi connectivity index (χ0) is 18.7. The Bertz CT molecular complexity index is 658. The predicted octanol–water partition coefficient (Wildman–Crippen LogP) is 3.77. The maximum atomic E-state index is 5.70. The number of halogens is 1. The molecule has 156 valence electrons. The lowest BCUT2D eigenvalue weighted by Gasteiger charge is -2.24. The maximum absolute atomic E-state index is 5.70. The van der Waals surface area contributed by atoms with Crippen LogP contribution in [0.3, 0.4) is 0 Å². The molecule has 1 aliphatic rings. The lowest BCUT2D eigenvalue weighted by Crippen LogP contribution is -2.40. The molecule has 6 nitrogen and oxygen atoms in total. The first-order chi connectivity index (χ1) is 13.4. The summed E-state index contributed by atoms with van der Waals surface area (Å²) in [6.07, 6.45) is 8.92. The average Bonchev–Trinajstić information content (AvgIpc) is 3.45. The first kappa shape index (κ1) is 23.2. The van der Waals surface area contributed by atoms with Gasteiger partial charge in [0.25, 0.3) is 0 Å². The first-order valence-electron chi connectivity index (χ1n) is 9.68. The van der Waals surface area contributed by atoms with Gasteiger partial charge in [-0.15, -0.1) is 24.0 Å². The van der Waals surface area contributed by atoms with Crippen LogP contribution >= 0.6 is 35.7 Å². The number of rotatable bonds is 10. The second-order valence-corrected chi connectivity index (χ2v) is 7.62. The Morgan fingerprint density at radius 2 is 1.89 bits per heavy atom. The number of furan rings is 2. The van der Waals surface area contributed by atoms with Gasteiger partial charge < -0.3 is 19.5 Å². The van der Waals surface area contributed by atoms with E-state index >= 15 is 0 Å². The van der Waals surface area contributed by atoms with Crippen LogP contribution in [0.1, 0.15) is 30.4 Å². The van der Waals surface area contributed by atoms with E-state index in [1.807, 2.05) is 30.0 Å². The molecule has 0 aliphatic carbocycles. The van der Waals surface area contributed by atoms with Gasteiger partial charge in [0, 0.05) is 25.3 Å². The number of aliphatic imine (C=N–C) groups is 1. The van der Waals surface area contributed by atoms with Gasteiger partial charge in [0.05, 0.1) is 25.1 Å². The van der Waals surface area contributed by atoms with E-state index in [0.717, 1.165) is 55.8 Å². The molecule has 1 atom stereocenters. The summed E-state index contributed by atoms with van der Waals surface area (Å²) in [4.78, 5) is 7.35. The minimum absolute atomic E-state index is 0. The largest absolute Gasteiger partial charge is 0.469 e. The van der Waals surface area contributed by atoms with Gasteiger partial charge in [-0.2, -0.15) is 11.8 Å². The Labute approximate surface area is 188 Å². The fourth-order valence-electron chi connectivity index (χ4n) is 3.30. The molecular weight excluding hydrogens is 487 g/mol. The van der Waals surface area contributed by atoms with Crippen molar-refractivity contribution in [2.24, 2.45) is 4.99 Å². The fraction of sp³-hybridized carbons (Fsp3) is 0.550. The number of guanidine groups is 1. The molecule has 2 N–H and O–H groups in total. The normalized spacial score (nSPS) is 16.0. The summed E-state index contributed by atoms with van der Waals surface area (Å²) >= 11 is 1.82. The number of likely N-dealkylation sites (tertiary alicyclic amines) is 1. The van der Waals surface area contributed by atoms with Crippen molar-refractivity contribution in [1.82, 2.24) is 15.5 Å². The predicted molar refractivity (Wildman–Crippen MR) is 127 cm³/mol. The van der Waals surface area contributed by atoms with Crippen LogP contribution in [0, 0.1) is 0 Å². The number of nitrogens with zero attached hydrogens (tertiary/aromatic N) is 2. The van der Waals surface area contributed by atoms with Gasteiger partial charge in [-0.1, -0.05) is 0 Å². The molecule has 8 heteroatoms. The van der Waals surface area contributed by atoms with E-state index in [1.165, 1.54) is 12.8 Å². The molecule has 1 aliphatic heterocycles. The van der Waals surface area contributed by atoms with Crippen molar-refractivity contribution in [3.63, 3.8) is 0 Å². The van der Waals surface area contributed by atoms with E-state index in [2.05, 4.69) is 27.9 Å². The average molecular weight is 518 g/mol. The van der Waals surface area contributed by atoms with Crippen molar-refractivity contribution >= 4 is 41.7 Å². The van der Waals surface area contributed by atoms with Gasteiger partial charge in [0.2, 0.25) is 0 Å². The highest BCUT2D eigenvalue weighted by Gasteiger charge is 2.25. The molecule has 0 saturated carbocycles. The SMILES string of the molecule is CSCCNC(=NCC(c1ccco1)N1CCCC1)NCCc1ccco1.I. The Hall–Kier alpha value is -1.13. The second-order valence-electron chi connectivity index (χ2n) is 6.64. The van der Waals surface area contributed by atoms with E-state index in [0.29, 0.717) is 6.54 Å². The number of hydrogen-bond acceptors (Lipinski definition) is 5. The molecule has 28 heavy (non-hydrogen) atoms. The van der Waals surface area contributed by atoms with Gasteiger partial charge in [-0.3, -0.25) is 9.89 Å². The molecule has 0 aromatic carbocycles. The van der Waals surface area contributed by atoms with E-state index in [9.17, 15) is 0 Å². The molecule has 2 aromatic heterocycles. The smallest absolute Gasteiger partial charge is 0.191 e. The number of hydrogen-bond donors (Lipinski definition) is 2. The van der Waals surface area contributed by atoms with Gasteiger partial charge in [-0.05, 0) is 56.5 Å². The molecule has 1 unspecified atom stereocenters. The van der Waals surface area contributed by atoms with Crippen molar-refractivity contribution in [3.05, 3.63) is 48.3 Å². The van der Waals surface area contributed by atoms with Gasteiger partial charge in [0.15, 0.2) is 5.96 Å². The van der Waals surface area contributed by atoms with Crippen molar-refractivity contribution in [1.29, 1.82) is 0 Å². The standard InChI is InChI=1S/C20H30N4O2S.HI/c1-27-15-10-22-20(21-9-8-17-6-4-13-25-17)23-16-18(19-7-5-14-26-19)24-11-2-3-12-24;/h4-7,13-14,18H,2-3,8-12,15-16H2,1H3,(H2,21,22,23);1H. The highest BCUT2D eigenvalue weighted by atomic mass is 127. The van der Waals surface area contributed by atoms with Crippen LogP contribution in [-0.2, 0) is 6.42 Å². The van der Waals surface area contributed by atoms with Gasteiger partial charge in [-0.25, -0.2) is 0 Å². The third-order valence-electron chi connectivity index (χ3n) is 4.72. The highest BCUT2D eigenvalue weighted by Crippen LogP contribution is 2.25. The zero-order valence-electron chi connectivity index (χ0n) is 16.4. The van der Waals surface area contributed by atoms with Crippen LogP contribution in [0.4, 0.5) is 0 Å². The highest BCUT2D eigenvalue weighted by molar-refractivity contribution is 14.0. The fourth-order valence-corrected chi connectivity index (χ4v) is 3.61. The number of thioether (sulfide) groups is 1. The Balaban J connectivity index is 0.00000280. The first-order valence-corrected chi connectivity index (χ1v) is 11.1. The van der Waals surface area contributed by atoms with Crippen LogP contribution in [0.5, 0.6) is 0 Å². The third-order valence-corrected chi connectivity index (χ3v) is 5.33. The molecule has 1 saturated heterocycles. The van der Waals surface area contributed by atoms with Crippen LogP contribution in [0.15, 0.2) is 50.6 Å². The molecule has 3 rings (SSSR count). The topological polar surface area (TPSA) is 65.9 Å². The lowest BCUT2D eigenvalue weighted by molar-refractivity contribution is 0.221. The van der Waals surface area contributed by atoms with Crippen LogP contribution in [0.2, 0.25) is 0 Å². The molecule has 0 spiro atoms. The Morgan fingerprint density at radius 1 is 1.14 bits per heavy atom. The summed E-state index contributed by atoms with van der Waals surface area (Å²) in [6.45, 7) is 4.59. The van der Waals surface area contributed by atoms with Crippen LogP contribution < -0.4 is 10.6 Å². The quantitative estimate of drug-likeness (QED) is 0.216. The summed E-state index contributed by atoms with van der Waals surface area (Å²) < 4.78 is 11.1. The van der Waals surface area contributed by atoms with Crippen LogP contribution in [-0.4, -0.2) is 55.6 Å². The van der Waals surface area contributed by atoms with Gasteiger partial charge in [0.1, 0.15) is 11.5 Å². The Kier molecular flexibility index (Phi) is 10.9. The summed E-state index contributed by atoms with van der Waals surface area (Å²) in [5.74, 6) is 3.88. The van der Waals surface area contributed by atoms with Crippen molar-refractivity contribution in [3.8, 4) is 0 Å². The molecule has 2 aromatic rings. The van der Waals surface area contributed by atoms with E-state index in [1.54, 1.807) is 12.5 Å². The molecule has 3 heterocycles.